The summed E-state index contributed by atoms with van der Waals surface area (Å²) in [4.78, 5) is 17.6. The number of imidazole rings is 1. The number of methoxy groups -OCH3 is 1. The quantitative estimate of drug-likeness (QED) is 0.822. The zero-order valence-electron chi connectivity index (χ0n) is 10.3. The Hall–Kier alpha value is -2.30. The van der Waals surface area contributed by atoms with Crippen molar-refractivity contribution in [1.82, 2.24) is 9.97 Å². The normalized spacial score (nSPS) is 10.1. The van der Waals surface area contributed by atoms with Crippen LogP contribution in [0.25, 0.3) is 11.4 Å². The van der Waals surface area contributed by atoms with Crippen LogP contribution in [-0.2, 0) is 0 Å². The minimum Gasteiger partial charge on any atom is -0.493 e. The maximum atomic E-state index is 10.6. The first-order chi connectivity index (χ1) is 8.78. The monoisotopic (exact) mass is 246 g/mol. The first-order valence-electron chi connectivity index (χ1n) is 5.60. The minimum absolute atomic E-state index is 0.443. The average molecular weight is 246 g/mol. The van der Waals surface area contributed by atoms with Crippen LogP contribution >= 0.6 is 0 Å². The zero-order valence-corrected chi connectivity index (χ0v) is 10.3. The highest BCUT2D eigenvalue weighted by Gasteiger charge is 2.09. The third-order valence-corrected chi connectivity index (χ3v) is 2.46. The summed E-state index contributed by atoms with van der Waals surface area (Å²) in [6.07, 6.45) is 2.22. The van der Waals surface area contributed by atoms with Crippen molar-refractivity contribution < 1.29 is 14.3 Å². The molecule has 18 heavy (non-hydrogen) atoms. The fraction of sp³-hybridized carbons (Fsp3) is 0.231. The van der Waals surface area contributed by atoms with Gasteiger partial charge in [-0.2, -0.15) is 0 Å². The van der Waals surface area contributed by atoms with E-state index < -0.39 is 0 Å². The summed E-state index contributed by atoms with van der Waals surface area (Å²) < 4.78 is 10.7. The van der Waals surface area contributed by atoms with Gasteiger partial charge in [0, 0.05) is 5.56 Å². The molecular formula is C13H14N2O3. The number of nitrogens with one attached hydrogen (secondary N) is 1. The summed E-state index contributed by atoms with van der Waals surface area (Å²) in [5.41, 5.74) is 1.28. The molecule has 0 fully saturated rings. The second-order valence-corrected chi connectivity index (χ2v) is 3.60. The molecule has 94 valence electrons. The molecule has 1 heterocycles. The summed E-state index contributed by atoms with van der Waals surface area (Å²) >= 11 is 0. The standard InChI is InChI=1S/C13H14N2O3/c1-3-18-12-6-9(4-5-11(12)17-2)13-14-7-10(8-16)15-13/h4-8H,3H2,1-2H3,(H,14,15). The van der Waals surface area contributed by atoms with Gasteiger partial charge < -0.3 is 14.5 Å². The highest BCUT2D eigenvalue weighted by molar-refractivity contribution is 5.73. The lowest BCUT2D eigenvalue weighted by atomic mass is 10.2. The van der Waals surface area contributed by atoms with E-state index in [4.69, 9.17) is 9.47 Å². The number of aldehydes is 1. The van der Waals surface area contributed by atoms with E-state index in [2.05, 4.69) is 9.97 Å². The molecule has 5 heteroatoms. The van der Waals surface area contributed by atoms with Crippen LogP contribution in [0.5, 0.6) is 11.5 Å². The van der Waals surface area contributed by atoms with Gasteiger partial charge in [0.25, 0.3) is 0 Å². The maximum Gasteiger partial charge on any atom is 0.167 e. The highest BCUT2D eigenvalue weighted by atomic mass is 16.5. The minimum atomic E-state index is 0.443. The third kappa shape index (κ3) is 2.34. The van der Waals surface area contributed by atoms with Gasteiger partial charge in [0.05, 0.1) is 25.6 Å². The Bertz CT molecular complexity index is 549. The Morgan fingerprint density at radius 3 is 2.83 bits per heavy atom. The smallest absolute Gasteiger partial charge is 0.167 e. The number of hydrogen-bond acceptors (Lipinski definition) is 4. The van der Waals surface area contributed by atoms with E-state index in [-0.39, 0.29) is 0 Å². The number of benzene rings is 1. The second-order valence-electron chi connectivity index (χ2n) is 3.60. The van der Waals surface area contributed by atoms with Crippen molar-refractivity contribution in [1.29, 1.82) is 0 Å². The van der Waals surface area contributed by atoms with E-state index >= 15 is 0 Å². The third-order valence-electron chi connectivity index (χ3n) is 2.46. The molecule has 5 nitrogen and oxygen atoms in total. The van der Waals surface area contributed by atoms with Gasteiger partial charge in [-0.25, -0.2) is 4.98 Å². The van der Waals surface area contributed by atoms with Crippen molar-refractivity contribution in [2.24, 2.45) is 0 Å². The largest absolute Gasteiger partial charge is 0.493 e. The van der Waals surface area contributed by atoms with Gasteiger partial charge in [0.15, 0.2) is 17.8 Å². The first kappa shape index (κ1) is 12.2. The average Bonchev–Trinajstić information content (AvgIpc) is 2.88. The van der Waals surface area contributed by atoms with Gasteiger partial charge in [-0.05, 0) is 25.1 Å². The Labute approximate surface area is 105 Å². The van der Waals surface area contributed by atoms with Crippen LogP contribution in [-0.4, -0.2) is 30.0 Å². The van der Waals surface area contributed by atoms with Gasteiger partial charge >= 0.3 is 0 Å². The number of ether oxygens (including phenoxy) is 2. The molecule has 0 atom stereocenters. The highest BCUT2D eigenvalue weighted by Crippen LogP contribution is 2.31. The molecule has 1 N–H and O–H groups in total. The molecule has 0 spiro atoms. The Kier molecular flexibility index (Phi) is 3.62. The van der Waals surface area contributed by atoms with E-state index in [0.29, 0.717) is 29.6 Å². The SMILES string of the molecule is CCOc1cc(-c2ncc(C=O)[nH]2)ccc1OC. The molecule has 2 aromatic rings. The van der Waals surface area contributed by atoms with E-state index in [0.717, 1.165) is 11.8 Å². The van der Waals surface area contributed by atoms with Crippen LogP contribution in [0.15, 0.2) is 24.4 Å². The predicted molar refractivity (Wildman–Crippen MR) is 67.1 cm³/mol. The molecule has 2 rings (SSSR count). The van der Waals surface area contributed by atoms with Gasteiger partial charge in [-0.3, -0.25) is 4.79 Å². The fourth-order valence-electron chi connectivity index (χ4n) is 1.63. The zero-order chi connectivity index (χ0) is 13.0. The Morgan fingerprint density at radius 2 is 2.22 bits per heavy atom. The van der Waals surface area contributed by atoms with E-state index in [1.807, 2.05) is 25.1 Å². The molecule has 1 aromatic carbocycles. The Balaban J connectivity index is 2.39. The number of hydrogen-bond donors (Lipinski definition) is 1. The Morgan fingerprint density at radius 1 is 1.39 bits per heavy atom. The summed E-state index contributed by atoms with van der Waals surface area (Å²) in [7, 11) is 1.59. The molecule has 0 amide bonds. The molecule has 1 aromatic heterocycles. The number of carbonyl (C=O) groups excluding carboxylic acids is 1. The molecule has 0 aliphatic rings. The van der Waals surface area contributed by atoms with Crippen LogP contribution < -0.4 is 9.47 Å². The molecule has 0 aliphatic carbocycles. The number of aromatic nitrogens is 2. The lowest BCUT2D eigenvalue weighted by Crippen LogP contribution is -1.96. The van der Waals surface area contributed by atoms with Gasteiger partial charge in [-0.1, -0.05) is 0 Å². The number of H-pyrrole nitrogens is 1. The van der Waals surface area contributed by atoms with Gasteiger partial charge in [-0.15, -0.1) is 0 Å². The lowest BCUT2D eigenvalue weighted by molar-refractivity contribution is 0.111. The number of aromatic amines is 1. The van der Waals surface area contributed by atoms with Crippen LogP contribution in [0.3, 0.4) is 0 Å². The van der Waals surface area contributed by atoms with Crippen LogP contribution in [0.2, 0.25) is 0 Å². The van der Waals surface area contributed by atoms with Gasteiger partial charge in [0.1, 0.15) is 5.82 Å². The van der Waals surface area contributed by atoms with Gasteiger partial charge in [0.2, 0.25) is 0 Å². The predicted octanol–water partition coefficient (Wildman–Crippen LogP) is 2.30. The topological polar surface area (TPSA) is 64.2 Å². The number of rotatable bonds is 5. The van der Waals surface area contributed by atoms with E-state index in [1.165, 1.54) is 6.20 Å². The van der Waals surface area contributed by atoms with Crippen molar-refractivity contribution in [3.8, 4) is 22.9 Å². The van der Waals surface area contributed by atoms with E-state index in [9.17, 15) is 4.79 Å². The summed E-state index contributed by atoms with van der Waals surface area (Å²) in [6, 6.07) is 5.49. The number of nitrogens with zero attached hydrogens (tertiary/aromatic N) is 1. The van der Waals surface area contributed by atoms with Crippen molar-refractivity contribution >= 4 is 6.29 Å². The summed E-state index contributed by atoms with van der Waals surface area (Å²) in [5.74, 6) is 1.95. The first-order valence-corrected chi connectivity index (χ1v) is 5.60. The lowest BCUT2D eigenvalue weighted by Gasteiger charge is -2.10. The van der Waals surface area contributed by atoms with Crippen LogP contribution in [0.1, 0.15) is 17.4 Å². The molecule has 0 saturated heterocycles. The maximum absolute atomic E-state index is 10.6. The van der Waals surface area contributed by atoms with Crippen molar-refractivity contribution in [3.63, 3.8) is 0 Å². The molecule has 0 radical (unpaired) electrons. The van der Waals surface area contributed by atoms with Crippen LogP contribution in [0, 0.1) is 0 Å². The molecule has 0 unspecified atom stereocenters. The molecule has 0 saturated carbocycles. The number of carbonyl (C=O) groups is 1. The van der Waals surface area contributed by atoms with Crippen molar-refractivity contribution in [3.05, 3.63) is 30.1 Å². The van der Waals surface area contributed by atoms with E-state index in [1.54, 1.807) is 7.11 Å². The molecular weight excluding hydrogens is 232 g/mol. The van der Waals surface area contributed by atoms with Crippen molar-refractivity contribution in [2.75, 3.05) is 13.7 Å². The summed E-state index contributed by atoms with van der Waals surface area (Å²) in [6.45, 7) is 2.46. The van der Waals surface area contributed by atoms with Crippen molar-refractivity contribution in [2.45, 2.75) is 6.92 Å². The van der Waals surface area contributed by atoms with Crippen LogP contribution in [0.4, 0.5) is 0 Å². The molecule has 0 bridgehead atoms. The summed E-state index contributed by atoms with van der Waals surface area (Å²) in [5, 5.41) is 0. The fourth-order valence-corrected chi connectivity index (χ4v) is 1.63. The second kappa shape index (κ2) is 5.35. The molecule has 0 aliphatic heterocycles.